The predicted molar refractivity (Wildman–Crippen MR) is 81.0 cm³/mol. The van der Waals surface area contributed by atoms with Gasteiger partial charge in [0.15, 0.2) is 0 Å². The minimum atomic E-state index is -1.02. The zero-order valence-corrected chi connectivity index (χ0v) is 12.8. The molecule has 0 spiro atoms. The molecule has 0 aliphatic heterocycles. The maximum atomic E-state index is 11.9. The lowest BCUT2D eigenvalue weighted by Gasteiger charge is -2.06. The van der Waals surface area contributed by atoms with Crippen molar-refractivity contribution in [3.05, 3.63) is 56.2 Å². The fourth-order valence-electron chi connectivity index (χ4n) is 1.75. The summed E-state index contributed by atoms with van der Waals surface area (Å²) < 4.78 is 1.01. The van der Waals surface area contributed by atoms with E-state index < -0.39 is 5.97 Å². The molecule has 0 saturated heterocycles. The Hall–Kier alpha value is -1.66. The Labute approximate surface area is 128 Å². The average molecular weight is 354 g/mol. The number of benzene rings is 1. The van der Waals surface area contributed by atoms with Gasteiger partial charge < -0.3 is 10.4 Å². The molecule has 2 aromatic rings. The molecule has 4 nitrogen and oxygen atoms in total. The zero-order chi connectivity index (χ0) is 14.5. The number of hydrogen-bond donors (Lipinski definition) is 2. The summed E-state index contributed by atoms with van der Waals surface area (Å²) in [7, 11) is 0. The van der Waals surface area contributed by atoms with Crippen LogP contribution in [0.3, 0.4) is 0 Å². The van der Waals surface area contributed by atoms with E-state index in [0.29, 0.717) is 12.1 Å². The summed E-state index contributed by atoms with van der Waals surface area (Å²) >= 11 is 4.91. The number of carbonyl (C=O) groups is 2. The van der Waals surface area contributed by atoms with Crippen LogP contribution in [0.1, 0.15) is 20.8 Å². The second-order valence-electron chi connectivity index (χ2n) is 4.12. The molecule has 0 unspecified atom stereocenters. The van der Waals surface area contributed by atoms with Crippen molar-refractivity contribution in [2.45, 2.75) is 13.0 Å². The minimum absolute atomic E-state index is 0.0645. The van der Waals surface area contributed by atoms with Crippen LogP contribution in [-0.2, 0) is 17.8 Å². The molecular formula is C14H12BrNO3S. The van der Waals surface area contributed by atoms with Gasteiger partial charge in [-0.25, -0.2) is 4.79 Å². The van der Waals surface area contributed by atoms with Gasteiger partial charge in [0, 0.05) is 4.88 Å². The first-order chi connectivity index (χ1) is 9.56. The van der Waals surface area contributed by atoms with Gasteiger partial charge >= 0.3 is 5.97 Å². The van der Waals surface area contributed by atoms with E-state index >= 15 is 0 Å². The third-order valence-corrected chi connectivity index (χ3v) is 4.31. The Morgan fingerprint density at radius 2 is 1.95 bits per heavy atom. The highest BCUT2D eigenvalue weighted by molar-refractivity contribution is 9.11. The number of amides is 1. The average Bonchev–Trinajstić information content (AvgIpc) is 2.83. The number of thiophene rings is 1. The van der Waals surface area contributed by atoms with Gasteiger partial charge in [0.2, 0.25) is 5.91 Å². The number of carboxylic acid groups (broad SMARTS) is 1. The van der Waals surface area contributed by atoms with Crippen molar-refractivity contribution in [3.63, 3.8) is 0 Å². The summed E-state index contributed by atoms with van der Waals surface area (Å²) in [5.41, 5.74) is 0.686. The molecule has 0 bridgehead atoms. The van der Waals surface area contributed by atoms with E-state index in [2.05, 4.69) is 21.2 Å². The summed E-state index contributed by atoms with van der Waals surface area (Å²) in [4.78, 5) is 23.9. The highest BCUT2D eigenvalue weighted by atomic mass is 79.9. The van der Waals surface area contributed by atoms with E-state index in [9.17, 15) is 9.59 Å². The lowest BCUT2D eigenvalue weighted by Crippen LogP contribution is -2.24. The van der Waals surface area contributed by atoms with E-state index in [1.54, 1.807) is 29.5 Å². The van der Waals surface area contributed by atoms with Crippen LogP contribution >= 0.6 is 27.3 Å². The van der Waals surface area contributed by atoms with Gasteiger partial charge in [-0.3, -0.25) is 4.79 Å². The summed E-state index contributed by atoms with van der Waals surface area (Å²) in [6, 6.07) is 10.4. The maximum Gasteiger partial charge on any atom is 0.335 e. The largest absolute Gasteiger partial charge is 0.478 e. The normalized spacial score (nSPS) is 10.2. The third kappa shape index (κ3) is 3.91. The van der Waals surface area contributed by atoms with E-state index in [1.807, 2.05) is 12.1 Å². The molecule has 0 aliphatic rings. The molecule has 1 amide bonds. The first-order valence-corrected chi connectivity index (χ1v) is 7.49. The van der Waals surface area contributed by atoms with Crippen molar-refractivity contribution in [2.75, 3.05) is 0 Å². The quantitative estimate of drug-likeness (QED) is 0.867. The number of rotatable bonds is 5. The molecule has 1 aromatic carbocycles. The van der Waals surface area contributed by atoms with Crippen molar-refractivity contribution < 1.29 is 14.7 Å². The Morgan fingerprint density at radius 1 is 1.20 bits per heavy atom. The van der Waals surface area contributed by atoms with Gasteiger partial charge in [0.25, 0.3) is 0 Å². The summed E-state index contributed by atoms with van der Waals surface area (Å²) in [6.45, 7) is 0.449. The molecule has 1 heterocycles. The second-order valence-corrected chi connectivity index (χ2v) is 6.67. The highest BCUT2D eigenvalue weighted by Crippen LogP contribution is 2.21. The molecule has 1 aromatic heterocycles. The van der Waals surface area contributed by atoms with Crippen LogP contribution in [0.15, 0.2) is 40.2 Å². The zero-order valence-electron chi connectivity index (χ0n) is 10.4. The van der Waals surface area contributed by atoms with E-state index in [-0.39, 0.29) is 17.9 Å². The fourth-order valence-corrected chi connectivity index (χ4v) is 3.17. The molecule has 2 N–H and O–H groups in total. The fraction of sp³-hybridized carbons (Fsp3) is 0.143. The van der Waals surface area contributed by atoms with Gasteiger partial charge in [-0.1, -0.05) is 18.2 Å². The maximum absolute atomic E-state index is 11.9. The monoisotopic (exact) mass is 353 g/mol. The Kier molecular flexibility index (Phi) is 4.92. The smallest absolute Gasteiger partial charge is 0.335 e. The Morgan fingerprint density at radius 3 is 2.60 bits per heavy atom. The number of carbonyl (C=O) groups excluding carboxylic acids is 1. The van der Waals surface area contributed by atoms with Crippen LogP contribution in [0.5, 0.6) is 0 Å². The molecule has 0 radical (unpaired) electrons. The summed E-state index contributed by atoms with van der Waals surface area (Å²) in [6.07, 6.45) is 0.0645. The van der Waals surface area contributed by atoms with E-state index in [0.717, 1.165) is 8.66 Å². The molecular weight excluding hydrogens is 342 g/mol. The topological polar surface area (TPSA) is 66.4 Å². The molecule has 20 heavy (non-hydrogen) atoms. The first kappa shape index (κ1) is 14.7. The summed E-state index contributed by atoms with van der Waals surface area (Å²) in [5, 5.41) is 11.8. The minimum Gasteiger partial charge on any atom is -0.478 e. The molecule has 0 saturated carbocycles. The molecule has 0 atom stereocenters. The van der Waals surface area contributed by atoms with Crippen LogP contribution in [0.2, 0.25) is 0 Å². The molecule has 0 aliphatic carbocycles. The lowest BCUT2D eigenvalue weighted by molar-refractivity contribution is -0.120. The van der Waals surface area contributed by atoms with Crippen molar-refractivity contribution in [3.8, 4) is 0 Å². The number of aromatic carboxylic acids is 1. The third-order valence-electron chi connectivity index (χ3n) is 2.69. The van der Waals surface area contributed by atoms with Gasteiger partial charge in [-0.05, 0) is 39.7 Å². The van der Waals surface area contributed by atoms with Gasteiger partial charge in [-0.15, -0.1) is 11.3 Å². The number of halogens is 1. The Bertz CT molecular complexity index is 639. The number of carboxylic acids is 1. The van der Waals surface area contributed by atoms with E-state index in [4.69, 9.17) is 5.11 Å². The first-order valence-electron chi connectivity index (χ1n) is 5.88. The number of nitrogens with one attached hydrogen (secondary N) is 1. The highest BCUT2D eigenvalue weighted by Gasteiger charge is 2.12. The predicted octanol–water partition coefficient (Wildman–Crippen LogP) is 3.07. The molecule has 104 valence electrons. The van der Waals surface area contributed by atoms with Crippen LogP contribution in [0, 0.1) is 0 Å². The van der Waals surface area contributed by atoms with Crippen molar-refractivity contribution in [1.82, 2.24) is 5.32 Å². The molecule has 0 fully saturated rings. The van der Waals surface area contributed by atoms with Crippen LogP contribution in [0.25, 0.3) is 0 Å². The number of hydrogen-bond acceptors (Lipinski definition) is 3. The standard InChI is InChI=1S/C14H12BrNO3S/c15-12-6-5-10(20-12)8-16-13(17)7-9-3-1-2-4-11(9)14(18)19/h1-6H,7-8H2,(H,16,17)(H,18,19). The van der Waals surface area contributed by atoms with Gasteiger partial charge in [0.1, 0.15) is 0 Å². The van der Waals surface area contributed by atoms with Gasteiger partial charge in [0.05, 0.1) is 22.3 Å². The lowest BCUT2D eigenvalue weighted by atomic mass is 10.0. The molecule has 2 rings (SSSR count). The van der Waals surface area contributed by atoms with E-state index in [1.165, 1.54) is 6.07 Å². The van der Waals surface area contributed by atoms with Crippen LogP contribution in [-0.4, -0.2) is 17.0 Å². The van der Waals surface area contributed by atoms with Crippen molar-refractivity contribution in [1.29, 1.82) is 0 Å². The van der Waals surface area contributed by atoms with Gasteiger partial charge in [-0.2, -0.15) is 0 Å². The summed E-state index contributed by atoms with van der Waals surface area (Å²) in [5.74, 6) is -1.21. The SMILES string of the molecule is O=C(Cc1ccccc1C(=O)O)NCc1ccc(Br)s1. The van der Waals surface area contributed by atoms with Crippen molar-refractivity contribution in [2.24, 2.45) is 0 Å². The second kappa shape index (κ2) is 6.67. The van der Waals surface area contributed by atoms with Crippen LogP contribution < -0.4 is 5.32 Å². The van der Waals surface area contributed by atoms with Crippen molar-refractivity contribution >= 4 is 39.1 Å². The van der Waals surface area contributed by atoms with Crippen LogP contribution in [0.4, 0.5) is 0 Å². The molecule has 6 heteroatoms. The Balaban J connectivity index is 1.96.